The van der Waals surface area contributed by atoms with Crippen LogP contribution >= 0.6 is 76.5 Å². The topological polar surface area (TPSA) is 241 Å². The first-order chi connectivity index (χ1) is 42.7. The summed E-state index contributed by atoms with van der Waals surface area (Å²) >= 11 is 5.30. The van der Waals surface area contributed by atoms with E-state index in [2.05, 4.69) is 78.6 Å². The average Bonchev–Trinajstić information content (AvgIpc) is 1.60. The molecule has 1 amide bonds. The third kappa shape index (κ3) is 20.8. The number of carboxylic acids is 1. The number of amides is 1. The number of nitrogens with zero attached hydrogens (tertiary/aromatic N) is 4. The van der Waals surface area contributed by atoms with Crippen LogP contribution in [0.5, 0.6) is 0 Å². The lowest BCUT2D eigenvalue weighted by atomic mass is 9.78. The number of nitrogens with one attached hydrogen (secondary N) is 2. The van der Waals surface area contributed by atoms with Crippen molar-refractivity contribution < 1.29 is 62.5 Å². The molecule has 6 aliphatic heterocycles. The Morgan fingerprint density at radius 1 is 0.775 bits per heavy atom. The molecule has 3 aromatic heterocycles. The van der Waals surface area contributed by atoms with Crippen LogP contribution in [0.4, 0.5) is 4.79 Å². The fraction of sp³-hybridized carbons (Fsp3) is 0.714. The lowest BCUT2D eigenvalue weighted by molar-refractivity contribution is -0.353. The van der Waals surface area contributed by atoms with Gasteiger partial charge in [0, 0.05) is 86.6 Å². The van der Waals surface area contributed by atoms with Gasteiger partial charge in [-0.1, -0.05) is 92.1 Å². The van der Waals surface area contributed by atoms with E-state index in [1.807, 2.05) is 61.5 Å². The molecule has 2 unspecified atom stereocenters. The zero-order valence-electron chi connectivity index (χ0n) is 52.9. The third-order valence-corrected chi connectivity index (χ3v) is 25.0. The molecule has 19 nitrogen and oxygen atoms in total. The molecule has 6 aliphatic rings. The van der Waals surface area contributed by atoms with E-state index in [0.29, 0.717) is 38.1 Å². The van der Waals surface area contributed by atoms with Crippen LogP contribution in [0.3, 0.4) is 0 Å². The number of carbonyl (C=O) groups excluding carboxylic acids is 2. The van der Waals surface area contributed by atoms with Crippen molar-refractivity contribution in [3.63, 3.8) is 0 Å². The second-order valence-electron chi connectivity index (χ2n) is 24.8. The van der Waals surface area contributed by atoms with Gasteiger partial charge in [-0.25, -0.2) is 34.4 Å². The summed E-state index contributed by atoms with van der Waals surface area (Å²) in [5, 5.41) is 27.3. The highest BCUT2D eigenvalue weighted by Crippen LogP contribution is 2.57. The van der Waals surface area contributed by atoms with E-state index in [1.165, 1.54) is 6.08 Å². The summed E-state index contributed by atoms with van der Waals surface area (Å²) in [6.45, 7) is 20.3. The fourth-order valence-corrected chi connectivity index (χ4v) is 18.9. The van der Waals surface area contributed by atoms with Gasteiger partial charge in [-0.15, -0.1) is 0 Å². The van der Waals surface area contributed by atoms with E-state index in [-0.39, 0.29) is 84.8 Å². The molecule has 6 fully saturated rings. The number of carbonyl (C=O) groups is 2. The first-order valence-corrected chi connectivity index (χ1v) is 38.4. The molecule has 4 N–H and O–H groups in total. The molecule has 0 bridgehead atoms. The molecule has 26 heteroatoms. The van der Waals surface area contributed by atoms with Crippen molar-refractivity contribution in [2.45, 2.75) is 207 Å². The van der Waals surface area contributed by atoms with Crippen molar-refractivity contribution in [3.8, 4) is 0 Å². The van der Waals surface area contributed by atoms with Crippen LogP contribution in [-0.2, 0) is 47.5 Å². The van der Waals surface area contributed by atoms with Gasteiger partial charge in [0.05, 0.1) is 72.5 Å². The lowest BCUT2D eigenvalue weighted by Crippen LogP contribution is -2.58. The molecule has 0 aliphatic carbocycles. The number of hydrogen-bond acceptors (Lipinski definition) is 23. The summed E-state index contributed by atoms with van der Waals surface area (Å²) in [4.78, 5) is 52.9. The summed E-state index contributed by atoms with van der Waals surface area (Å²) in [6, 6.07) is 17.4. The zero-order chi connectivity index (χ0) is 64.2. The minimum Gasteiger partial charge on any atom is -0.481 e. The number of aliphatic carboxylic acids is 1. The van der Waals surface area contributed by atoms with Gasteiger partial charge in [-0.2, -0.15) is 0 Å². The maximum Gasteiger partial charge on any atom is 0.407 e. The average molecular weight is 1370 g/mol. The number of aliphatic imine (C=N–C) groups is 1. The van der Waals surface area contributed by atoms with Crippen LogP contribution in [0.2, 0.25) is 0 Å². The second-order valence-corrected chi connectivity index (χ2v) is 32.4. The molecule has 9 rings (SSSR count). The van der Waals surface area contributed by atoms with Crippen LogP contribution in [0.15, 0.2) is 93.3 Å². The van der Waals surface area contributed by atoms with Gasteiger partial charge >= 0.3 is 12.1 Å². The molecule has 19 atom stereocenters. The minimum absolute atomic E-state index is 0.0329. The zero-order valence-corrected chi connectivity index (χ0v) is 58.6. The summed E-state index contributed by atoms with van der Waals surface area (Å²) < 4.78 is 53.2. The Hall–Kier alpha value is -2.40. The summed E-state index contributed by atoms with van der Waals surface area (Å²) in [5.74, 6) is -1.26. The number of hydrogen-bond donors (Lipinski definition) is 4. The van der Waals surface area contributed by atoms with Crippen molar-refractivity contribution in [3.05, 3.63) is 73.2 Å². The maximum absolute atomic E-state index is 12.7. The van der Waals surface area contributed by atoms with E-state index in [1.54, 1.807) is 97.4 Å². The number of carboxylic acid groups (broad SMARTS) is 1. The first kappa shape index (κ1) is 74.0. The molecule has 0 aromatic carbocycles. The van der Waals surface area contributed by atoms with Gasteiger partial charge in [0.1, 0.15) is 21.7 Å². The Bertz CT molecular complexity index is 2660. The predicted molar refractivity (Wildman–Crippen MR) is 356 cm³/mol. The minimum atomic E-state index is -1.65. The van der Waals surface area contributed by atoms with Gasteiger partial charge in [0.15, 0.2) is 5.79 Å². The Morgan fingerprint density at radius 2 is 1.40 bits per heavy atom. The Labute approximate surface area is 555 Å². The van der Waals surface area contributed by atoms with Gasteiger partial charge in [-0.3, -0.25) is 4.79 Å². The van der Waals surface area contributed by atoms with Crippen LogP contribution < -0.4 is 10.2 Å². The second kappa shape index (κ2) is 35.9. The van der Waals surface area contributed by atoms with Gasteiger partial charge in [-0.05, 0) is 164 Å². The Morgan fingerprint density at radius 3 is 1.99 bits per heavy atom. The largest absolute Gasteiger partial charge is 0.481 e. The number of ether oxygens (including phenoxy) is 8. The van der Waals surface area contributed by atoms with Crippen LogP contribution in [0, 0.1) is 41.4 Å². The molecule has 6 saturated heterocycles. The SMILES string of the molecule is CO[C@@H]1C[C@@H](C[C@H]2CC[C@H](C)C([C@@H](C)C(=O)O)O2)O[C@]2(O[C@@](C)(C3CC[C@@](C)([C@@H]4O[C@@H]([C@@H]5O[C@@](O)(COC(=O)NCCSSc6ccccn6)[C@H](C)C[C@@H]5C)C[C@@H]4C)O3)C[C@H]2C)[C@@H]1C.ClNCCSSc1ccccn1.O=C=NCCSSc1ccccn1. The van der Waals surface area contributed by atoms with Gasteiger partial charge in [0.2, 0.25) is 11.9 Å². The van der Waals surface area contributed by atoms with Gasteiger partial charge < -0.3 is 53.4 Å². The van der Waals surface area contributed by atoms with Gasteiger partial charge in [0.25, 0.3) is 0 Å². The highest BCUT2D eigenvalue weighted by molar-refractivity contribution is 8.77. The maximum atomic E-state index is 12.7. The molecule has 89 heavy (non-hydrogen) atoms. The fourth-order valence-electron chi connectivity index (χ4n) is 13.4. The third-order valence-electron chi connectivity index (χ3n) is 18.0. The molecular formula is C63H93ClN6O13S6. The Kier molecular flexibility index (Phi) is 29.9. The van der Waals surface area contributed by atoms with E-state index in [9.17, 15) is 24.6 Å². The van der Waals surface area contributed by atoms with Crippen molar-refractivity contribution >= 4 is 94.7 Å². The van der Waals surface area contributed by atoms with E-state index < -0.39 is 46.9 Å². The highest BCUT2D eigenvalue weighted by atomic mass is 35.5. The monoisotopic (exact) mass is 1370 g/mol. The number of alkyl carbamates (subject to hydrolysis) is 1. The molecule has 9 heterocycles. The summed E-state index contributed by atoms with van der Waals surface area (Å²) in [7, 11) is 11.5. The van der Waals surface area contributed by atoms with E-state index >= 15 is 0 Å². The number of methoxy groups -OCH3 is 1. The van der Waals surface area contributed by atoms with E-state index in [0.717, 1.165) is 71.7 Å². The number of rotatable bonds is 25. The lowest BCUT2D eigenvalue weighted by Gasteiger charge is -2.50. The van der Waals surface area contributed by atoms with Crippen LogP contribution in [0.1, 0.15) is 120 Å². The normalized spacial score (nSPS) is 35.3. The number of pyridine rings is 3. The smallest absolute Gasteiger partial charge is 0.407 e. The number of aliphatic hydroxyl groups is 1. The van der Waals surface area contributed by atoms with Crippen LogP contribution in [-0.4, -0.2) is 166 Å². The molecule has 496 valence electrons. The molecule has 3 aromatic rings. The highest BCUT2D eigenvalue weighted by Gasteiger charge is 2.65. The van der Waals surface area contributed by atoms with Crippen molar-refractivity contribution in [2.24, 2.45) is 46.4 Å². The van der Waals surface area contributed by atoms with Crippen molar-refractivity contribution in [2.75, 3.05) is 50.6 Å². The number of isocyanates is 1. The number of aromatic nitrogens is 3. The predicted octanol–water partition coefficient (Wildman–Crippen LogP) is 13.0. The number of halogens is 1. The molecule has 0 radical (unpaired) electrons. The van der Waals surface area contributed by atoms with E-state index in [4.69, 9.17) is 49.7 Å². The molecular weight excluding hydrogens is 1280 g/mol. The Balaban J connectivity index is 0.000000371. The standard InChI is InChI=1S/C48H76N2O12S2.C8H8N2OS2.C7H9ClN2S2/c1-27-14-15-34(57-40(27)32(6)43(51)52)23-35-24-36(55-10)33(7)48(59-35)31(5)25-46(9,62-48)38-16-17-45(8,60-38)42-29(3)22-37(58-42)41-28(2)21-30(4)47(54,61-41)26-56-44(53)50-19-20-63-64-39-13-11-12-18-49-39;11-7-9-5-6-12-13-8-3-1-2-4-10-8;8-10-5-6-11-12-7-3-1-2-4-9-7/h11-13,18,27-38,40-42,54H,14-17,19-26H2,1-10H3,(H,50,53)(H,51,52);1-4H,5-6H2;1-4,10H,5-6H2/t27-,28-,29-,30+,31+,32+,33+,34+,35+,36+,37+,38?,40?,41+,42+,45-,46+,47-,48+;;/m0../s1. The van der Waals surface area contributed by atoms with Crippen LogP contribution in [0.25, 0.3) is 0 Å². The quantitative estimate of drug-likeness (QED) is 0.0203. The molecule has 1 spiro atoms. The van der Waals surface area contributed by atoms with Crippen molar-refractivity contribution in [1.82, 2.24) is 25.1 Å². The summed E-state index contributed by atoms with van der Waals surface area (Å²) in [5.41, 5.74) is -1.19. The first-order valence-electron chi connectivity index (χ1n) is 31.1. The summed E-state index contributed by atoms with van der Waals surface area (Å²) in [6.07, 6.45) is 11.4. The van der Waals surface area contributed by atoms with Crippen molar-refractivity contribution in [1.29, 1.82) is 0 Å². The molecule has 0 saturated carbocycles.